The Labute approximate surface area is 171 Å². The molecule has 0 amide bonds. The number of nitrogens with zero attached hydrogens (tertiary/aromatic N) is 1. The van der Waals surface area contributed by atoms with Crippen LogP contribution in [0.3, 0.4) is 0 Å². The van der Waals surface area contributed by atoms with Gasteiger partial charge in [0.15, 0.2) is 0 Å². The lowest BCUT2D eigenvalue weighted by Gasteiger charge is -2.16. The average molecular weight is 425 g/mol. The predicted molar refractivity (Wildman–Crippen MR) is 110 cm³/mol. The Hall–Kier alpha value is -1.70. The maximum atomic E-state index is 13.2. The molecule has 1 aromatic heterocycles. The minimum absolute atomic E-state index is 0. The summed E-state index contributed by atoms with van der Waals surface area (Å²) in [7, 11) is -3.75. The SMILES string of the molecule is CC(C)CNS(=O)(=O)c1c2c(cc3cnc(C4CC4)cc13)CC(C(=O)O)C2.Cl. The maximum absolute atomic E-state index is 13.2. The summed E-state index contributed by atoms with van der Waals surface area (Å²) < 4.78 is 29.1. The molecule has 4 rings (SSSR count). The summed E-state index contributed by atoms with van der Waals surface area (Å²) in [6.45, 7) is 4.24. The first-order chi connectivity index (χ1) is 12.8. The van der Waals surface area contributed by atoms with E-state index in [-0.39, 0.29) is 29.6 Å². The number of pyridine rings is 1. The smallest absolute Gasteiger partial charge is 0.307 e. The summed E-state index contributed by atoms with van der Waals surface area (Å²) in [6, 6.07) is 3.81. The Bertz CT molecular complexity index is 1030. The van der Waals surface area contributed by atoms with E-state index in [2.05, 4.69) is 9.71 Å². The fourth-order valence-corrected chi connectivity index (χ4v) is 5.50. The van der Waals surface area contributed by atoms with Gasteiger partial charge in [-0.3, -0.25) is 9.78 Å². The van der Waals surface area contributed by atoms with E-state index in [1.54, 1.807) is 6.20 Å². The van der Waals surface area contributed by atoms with Crippen LogP contribution >= 0.6 is 12.4 Å². The van der Waals surface area contributed by atoms with E-state index < -0.39 is 21.9 Å². The van der Waals surface area contributed by atoms with Gasteiger partial charge in [-0.2, -0.15) is 0 Å². The van der Waals surface area contributed by atoms with Gasteiger partial charge < -0.3 is 5.11 Å². The first-order valence-electron chi connectivity index (χ1n) is 9.43. The van der Waals surface area contributed by atoms with Crippen molar-refractivity contribution in [2.24, 2.45) is 11.8 Å². The van der Waals surface area contributed by atoms with Gasteiger partial charge in [-0.1, -0.05) is 13.8 Å². The highest BCUT2D eigenvalue weighted by Crippen LogP contribution is 2.42. The molecular formula is C20H25ClN2O4S. The number of nitrogens with one attached hydrogen (secondary N) is 1. The van der Waals surface area contributed by atoms with Gasteiger partial charge in [0, 0.05) is 35.1 Å². The normalized spacial score (nSPS) is 18.9. The minimum Gasteiger partial charge on any atom is -0.481 e. The van der Waals surface area contributed by atoms with Crippen LogP contribution in [0.2, 0.25) is 0 Å². The van der Waals surface area contributed by atoms with E-state index >= 15 is 0 Å². The summed E-state index contributed by atoms with van der Waals surface area (Å²) in [5, 5.41) is 10.9. The molecule has 2 aliphatic carbocycles. The summed E-state index contributed by atoms with van der Waals surface area (Å²) in [6.07, 6.45) is 4.51. The third kappa shape index (κ3) is 3.88. The molecule has 0 aliphatic heterocycles. The zero-order chi connectivity index (χ0) is 19.3. The first kappa shape index (κ1) is 21.0. The topological polar surface area (TPSA) is 96.4 Å². The average Bonchev–Trinajstić information content (AvgIpc) is 3.36. The molecule has 0 radical (unpaired) electrons. The Balaban J connectivity index is 0.00000225. The number of fused-ring (bicyclic) bond motifs is 2. The Morgan fingerprint density at radius 2 is 2.00 bits per heavy atom. The van der Waals surface area contributed by atoms with Crippen molar-refractivity contribution in [3.8, 4) is 0 Å². The molecule has 0 spiro atoms. The number of halogens is 1. The van der Waals surface area contributed by atoms with E-state index in [9.17, 15) is 18.3 Å². The van der Waals surface area contributed by atoms with Crippen molar-refractivity contribution in [2.75, 3.05) is 6.54 Å². The predicted octanol–water partition coefficient (Wildman–Crippen LogP) is 3.27. The molecule has 1 saturated carbocycles. The third-order valence-corrected chi connectivity index (χ3v) is 6.95. The largest absolute Gasteiger partial charge is 0.481 e. The van der Waals surface area contributed by atoms with E-state index in [0.29, 0.717) is 29.8 Å². The van der Waals surface area contributed by atoms with Crippen LogP contribution in [0.25, 0.3) is 10.8 Å². The van der Waals surface area contributed by atoms with Crippen LogP contribution < -0.4 is 4.72 Å². The van der Waals surface area contributed by atoms with Crippen molar-refractivity contribution in [1.82, 2.24) is 9.71 Å². The molecule has 1 aromatic carbocycles. The molecule has 2 N–H and O–H groups in total. The number of carbonyl (C=O) groups is 1. The zero-order valence-corrected chi connectivity index (χ0v) is 17.6. The Kier molecular flexibility index (Phi) is 5.71. The van der Waals surface area contributed by atoms with Gasteiger partial charge in [-0.15, -0.1) is 12.4 Å². The fraction of sp³-hybridized carbons (Fsp3) is 0.500. The van der Waals surface area contributed by atoms with E-state index in [1.165, 1.54) is 0 Å². The maximum Gasteiger partial charge on any atom is 0.307 e. The number of hydrogen-bond acceptors (Lipinski definition) is 4. The molecule has 2 aromatic rings. The molecule has 152 valence electrons. The molecular weight excluding hydrogens is 400 g/mol. The lowest BCUT2D eigenvalue weighted by atomic mass is 10.0. The first-order valence-corrected chi connectivity index (χ1v) is 10.9. The highest BCUT2D eigenvalue weighted by atomic mass is 35.5. The number of sulfonamides is 1. The van der Waals surface area contributed by atoms with Gasteiger partial charge >= 0.3 is 5.97 Å². The fourth-order valence-electron chi connectivity index (χ4n) is 3.80. The number of hydrogen-bond donors (Lipinski definition) is 2. The van der Waals surface area contributed by atoms with Gasteiger partial charge in [-0.05, 0) is 54.9 Å². The second-order valence-electron chi connectivity index (χ2n) is 8.14. The van der Waals surface area contributed by atoms with Crippen LogP contribution in [0, 0.1) is 11.8 Å². The van der Waals surface area contributed by atoms with E-state index in [4.69, 9.17) is 0 Å². The van der Waals surface area contributed by atoms with Crippen LogP contribution in [0.15, 0.2) is 23.2 Å². The van der Waals surface area contributed by atoms with Crippen LogP contribution in [0.5, 0.6) is 0 Å². The van der Waals surface area contributed by atoms with Crippen LogP contribution in [0.1, 0.15) is 49.4 Å². The van der Waals surface area contributed by atoms with Gasteiger partial charge in [0.25, 0.3) is 0 Å². The molecule has 0 bridgehead atoms. The molecule has 2 aliphatic rings. The van der Waals surface area contributed by atoms with E-state index in [0.717, 1.165) is 29.5 Å². The number of rotatable bonds is 6. The lowest BCUT2D eigenvalue weighted by molar-refractivity contribution is -0.141. The highest BCUT2D eigenvalue weighted by molar-refractivity contribution is 7.89. The summed E-state index contributed by atoms with van der Waals surface area (Å²) in [5.74, 6) is -0.871. The van der Waals surface area contributed by atoms with Crippen LogP contribution in [0.4, 0.5) is 0 Å². The molecule has 1 atom stereocenters. The second kappa shape index (κ2) is 7.61. The number of carboxylic acid groups (broad SMARTS) is 1. The number of benzene rings is 1. The van der Waals surface area contributed by atoms with Crippen molar-refractivity contribution in [3.63, 3.8) is 0 Å². The van der Waals surface area contributed by atoms with Crippen molar-refractivity contribution in [1.29, 1.82) is 0 Å². The number of aliphatic carboxylic acids is 1. The molecule has 6 nitrogen and oxygen atoms in total. The summed E-state index contributed by atoms with van der Waals surface area (Å²) in [5.41, 5.74) is 2.38. The quantitative estimate of drug-likeness (QED) is 0.741. The molecule has 1 heterocycles. The van der Waals surface area contributed by atoms with Crippen molar-refractivity contribution in [2.45, 2.75) is 50.3 Å². The van der Waals surface area contributed by atoms with Gasteiger partial charge in [0.1, 0.15) is 0 Å². The van der Waals surface area contributed by atoms with Crippen molar-refractivity contribution in [3.05, 3.63) is 35.2 Å². The minimum atomic E-state index is -3.75. The monoisotopic (exact) mass is 424 g/mol. The number of aromatic nitrogens is 1. The Morgan fingerprint density at radius 1 is 1.29 bits per heavy atom. The zero-order valence-electron chi connectivity index (χ0n) is 15.9. The molecule has 8 heteroatoms. The van der Waals surface area contributed by atoms with Gasteiger partial charge in [0.05, 0.1) is 10.8 Å². The van der Waals surface area contributed by atoms with Crippen LogP contribution in [-0.2, 0) is 27.7 Å². The Morgan fingerprint density at radius 3 is 2.61 bits per heavy atom. The van der Waals surface area contributed by atoms with Gasteiger partial charge in [0.2, 0.25) is 10.0 Å². The standard InChI is InChI=1S/C20H24N2O4S.ClH/c1-11(2)9-22-27(25,26)19-16-7-14(20(23)24)5-13(16)6-15-10-21-18(8-17(15)19)12-3-4-12;/h6,8,10-12,14,22H,3-5,7,9H2,1-2H3,(H,23,24);1H. The van der Waals surface area contributed by atoms with Crippen molar-refractivity contribution >= 4 is 39.2 Å². The molecule has 28 heavy (non-hydrogen) atoms. The molecule has 1 unspecified atom stereocenters. The second-order valence-corrected chi connectivity index (χ2v) is 9.84. The highest BCUT2D eigenvalue weighted by Gasteiger charge is 2.35. The number of carboxylic acids is 1. The summed E-state index contributed by atoms with van der Waals surface area (Å²) in [4.78, 5) is 16.3. The summed E-state index contributed by atoms with van der Waals surface area (Å²) >= 11 is 0. The third-order valence-electron chi connectivity index (χ3n) is 5.40. The van der Waals surface area contributed by atoms with Crippen molar-refractivity contribution < 1.29 is 18.3 Å². The van der Waals surface area contributed by atoms with Gasteiger partial charge in [-0.25, -0.2) is 13.1 Å². The van der Waals surface area contributed by atoms with E-state index in [1.807, 2.05) is 26.0 Å². The van der Waals surface area contributed by atoms with Crippen LogP contribution in [-0.4, -0.2) is 31.0 Å². The molecule has 0 saturated heterocycles. The lowest BCUT2D eigenvalue weighted by Crippen LogP contribution is -2.28. The molecule has 1 fully saturated rings.